The normalized spacial score (nSPS) is 48.0. The maximum absolute atomic E-state index is 8.74. The van der Waals surface area contributed by atoms with Gasteiger partial charge in [-0.2, -0.15) is 8.42 Å². The number of halogens is 1. The molecule has 9 rings (SSSR count). The van der Waals surface area contributed by atoms with Crippen LogP contribution >= 0.6 is 22.6 Å². The van der Waals surface area contributed by atoms with Crippen LogP contribution in [0.2, 0.25) is 0 Å². The van der Waals surface area contributed by atoms with Gasteiger partial charge in [-0.1, -0.05) is 67.5 Å². The SMILES string of the molecule is IC1CCCC2C3NC4NC(NC5NC(NC6NC(NC(N3)C12)C1CCCCC61)C1CCCCC51)C1CCCCC41.O=S(=O)(O)O.[Cu].[H-].[H-].[H-].[H-].[Na+].[Na+].[Na+].[Na+]. The number of nitrogens with one attached hydrogen (secondary N) is 8. The minimum atomic E-state index is -4.67. The summed E-state index contributed by atoms with van der Waals surface area (Å²) in [7, 11) is -4.67. The number of hydrogen-bond acceptors (Lipinski definition) is 10. The molecule has 8 bridgehead atoms. The monoisotopic (exact) mass is 935 g/mol. The molecule has 5 aliphatic heterocycles. The average molecular weight is 936 g/mol. The third-order valence-corrected chi connectivity index (χ3v) is 15.3. The Hall–Kier alpha value is 4.80. The minimum Gasteiger partial charge on any atom is -1.00 e. The summed E-state index contributed by atoms with van der Waals surface area (Å²) in [6.07, 6.45) is 24.0. The molecule has 1 radical (unpaired) electrons. The maximum Gasteiger partial charge on any atom is 1.00 e. The van der Waals surface area contributed by atoms with E-state index in [-0.39, 0.29) is 141 Å². The maximum atomic E-state index is 8.74. The predicted octanol–water partition coefficient (Wildman–Crippen LogP) is -9.17. The van der Waals surface area contributed by atoms with Gasteiger partial charge in [0.2, 0.25) is 0 Å². The second-order valence-electron chi connectivity index (χ2n) is 16.1. The van der Waals surface area contributed by atoms with Gasteiger partial charge in [-0.25, -0.2) is 0 Å². The first kappa shape index (κ1) is 50.2. The Kier molecular flexibility index (Phi) is 21.7. The van der Waals surface area contributed by atoms with Crippen LogP contribution in [-0.2, 0) is 27.5 Å². The van der Waals surface area contributed by atoms with Gasteiger partial charge in [-0.3, -0.25) is 51.6 Å². The molecule has 0 spiro atoms. The summed E-state index contributed by atoms with van der Waals surface area (Å²) in [5.74, 6) is 5.85. The van der Waals surface area contributed by atoms with E-state index in [9.17, 15) is 0 Å². The smallest absolute Gasteiger partial charge is 1.00 e. The van der Waals surface area contributed by atoms with Gasteiger partial charge in [0, 0.05) is 26.9 Å². The van der Waals surface area contributed by atoms with Gasteiger partial charge in [0.25, 0.3) is 0 Å². The van der Waals surface area contributed by atoms with Gasteiger partial charge in [0.15, 0.2) is 0 Å². The Bertz CT molecular complexity index is 1230. The fourth-order valence-electron chi connectivity index (χ4n) is 12.0. The van der Waals surface area contributed by atoms with Crippen molar-refractivity contribution in [2.24, 2.45) is 47.3 Å². The topological polar surface area (TPSA) is 171 Å². The molecule has 51 heavy (non-hydrogen) atoms. The van der Waals surface area contributed by atoms with Crippen molar-refractivity contribution in [2.75, 3.05) is 0 Å². The van der Waals surface area contributed by atoms with Gasteiger partial charge in [0.1, 0.15) is 0 Å². The summed E-state index contributed by atoms with van der Waals surface area (Å²) in [5.41, 5.74) is 0. The third kappa shape index (κ3) is 11.4. The van der Waals surface area contributed by atoms with E-state index >= 15 is 0 Å². The molecule has 12 nitrogen and oxygen atoms in total. The predicted molar refractivity (Wildman–Crippen MR) is 189 cm³/mol. The van der Waals surface area contributed by atoms with Gasteiger partial charge >= 0.3 is 129 Å². The molecule has 0 amide bonds. The van der Waals surface area contributed by atoms with Crippen molar-refractivity contribution < 1.29 is 159 Å². The standard InChI is InChI=1S/C32H55IN8.Cu.4Na.H2O4S.4H/c33-23-15-7-14-22-24(23)32-40-30-21-13-6-5-12-20(21)28(38-30)36-26-17-9-2-1-8-16(17)25(34-26)35-27-18-10-3-4-11-19(18)29(37-27)39-31(22)41-32;;;;;;1-5(2,3)4;;;;/h16-32,34-41H,1-15H2;;;;;;(H2,1,2,3,4);;;;/q;;4*+1;;4*-1. The molecule has 4 aliphatic carbocycles. The molecule has 10 N–H and O–H groups in total. The molecule has 19 heteroatoms. The summed E-state index contributed by atoms with van der Waals surface area (Å²) in [5, 5.41) is 33.9. The van der Waals surface area contributed by atoms with Gasteiger partial charge in [-0.05, 0) is 92.8 Å². The van der Waals surface area contributed by atoms with Crippen LogP contribution in [0.3, 0.4) is 0 Å². The van der Waals surface area contributed by atoms with Crippen molar-refractivity contribution in [1.29, 1.82) is 0 Å². The summed E-state index contributed by atoms with van der Waals surface area (Å²) >= 11 is 2.81. The Morgan fingerprint density at radius 3 is 0.902 bits per heavy atom. The molecule has 17 atom stereocenters. The van der Waals surface area contributed by atoms with Crippen molar-refractivity contribution >= 4 is 33.0 Å². The van der Waals surface area contributed by atoms with E-state index in [2.05, 4.69) is 65.1 Å². The molecule has 9 fully saturated rings. The fourth-order valence-corrected chi connectivity index (χ4v) is 13.4. The van der Waals surface area contributed by atoms with Crippen LogP contribution in [0.25, 0.3) is 0 Å². The van der Waals surface area contributed by atoms with E-state index in [4.69, 9.17) is 17.5 Å². The molecular formula is C32H61CuIN8Na4O4S. The van der Waals surface area contributed by atoms with E-state index in [1.54, 1.807) is 0 Å². The van der Waals surface area contributed by atoms with E-state index < -0.39 is 10.4 Å². The van der Waals surface area contributed by atoms with Crippen LogP contribution in [0.15, 0.2) is 0 Å². The Labute approximate surface area is 424 Å². The van der Waals surface area contributed by atoms with Crippen LogP contribution in [0.5, 0.6) is 0 Å². The zero-order valence-corrected chi connectivity index (χ0v) is 43.1. The first-order chi connectivity index (χ1) is 22.2. The zero-order valence-electron chi connectivity index (χ0n) is 35.2. The van der Waals surface area contributed by atoms with Crippen molar-refractivity contribution in [3.8, 4) is 0 Å². The molecule has 5 saturated heterocycles. The fraction of sp³-hybridized carbons (Fsp3) is 1.00. The first-order valence-corrected chi connectivity index (χ1v) is 21.3. The molecule has 4 saturated carbocycles. The van der Waals surface area contributed by atoms with E-state index in [1.165, 1.54) is 96.3 Å². The quantitative estimate of drug-likeness (QED) is 0.0483. The largest absolute Gasteiger partial charge is 1.00 e. The molecule has 281 valence electrons. The van der Waals surface area contributed by atoms with Crippen LogP contribution in [0.4, 0.5) is 0 Å². The molecule has 5 heterocycles. The number of alkyl halides is 1. The van der Waals surface area contributed by atoms with Crippen LogP contribution in [0, 0.1) is 47.3 Å². The molecule has 0 aromatic rings. The van der Waals surface area contributed by atoms with Gasteiger partial charge in [-0.15, -0.1) is 0 Å². The van der Waals surface area contributed by atoms with Crippen LogP contribution in [-0.4, -0.2) is 70.8 Å². The average Bonchev–Trinajstić information content (AvgIpc) is 3.76. The number of fused-ring (bicyclic) bond motifs is 20. The first-order valence-electron chi connectivity index (χ1n) is 18.6. The molecule has 17 unspecified atom stereocenters. The van der Waals surface area contributed by atoms with Crippen molar-refractivity contribution in [2.45, 2.75) is 150 Å². The number of rotatable bonds is 0. The van der Waals surface area contributed by atoms with Crippen molar-refractivity contribution in [1.82, 2.24) is 42.5 Å². The summed E-state index contributed by atoms with van der Waals surface area (Å²) < 4.78 is 32.3. The second-order valence-corrected chi connectivity index (χ2v) is 18.6. The summed E-state index contributed by atoms with van der Waals surface area (Å²) in [4.78, 5) is 0. The zero-order chi connectivity index (χ0) is 31.6. The number of hydrogen-bond donors (Lipinski definition) is 10. The van der Waals surface area contributed by atoms with Gasteiger partial charge in [0.05, 0.1) is 49.3 Å². The minimum absolute atomic E-state index is 0. The molecule has 0 aromatic heterocycles. The van der Waals surface area contributed by atoms with Crippen LogP contribution < -0.4 is 161 Å². The molecule has 9 aliphatic rings. The molecule has 0 aromatic carbocycles. The third-order valence-electron chi connectivity index (χ3n) is 13.8. The van der Waals surface area contributed by atoms with E-state index in [1.807, 2.05) is 0 Å². The second kappa shape index (κ2) is 22.1. The Balaban J connectivity index is 0. The van der Waals surface area contributed by atoms with Crippen molar-refractivity contribution in [3.05, 3.63) is 0 Å². The van der Waals surface area contributed by atoms with Crippen LogP contribution in [0.1, 0.15) is 102 Å². The van der Waals surface area contributed by atoms with E-state index in [0.717, 1.165) is 39.4 Å². The van der Waals surface area contributed by atoms with Gasteiger partial charge < -0.3 is 5.71 Å². The summed E-state index contributed by atoms with van der Waals surface area (Å²) in [6, 6.07) is 0. The van der Waals surface area contributed by atoms with Crippen molar-refractivity contribution in [3.63, 3.8) is 0 Å². The Morgan fingerprint density at radius 2 is 0.627 bits per heavy atom. The Morgan fingerprint density at radius 1 is 0.412 bits per heavy atom. The summed E-state index contributed by atoms with van der Waals surface area (Å²) in [6.45, 7) is 0. The molecular weight excluding hydrogens is 875 g/mol. The van der Waals surface area contributed by atoms with E-state index in [0.29, 0.717) is 61.2 Å².